The third-order valence-electron chi connectivity index (χ3n) is 3.85. The Balaban J connectivity index is 1.71. The average Bonchev–Trinajstić information content (AvgIpc) is 2.55. The molecule has 0 unspecified atom stereocenters. The fraction of sp³-hybridized carbons (Fsp3) is 0.222. The predicted molar refractivity (Wildman–Crippen MR) is 87.0 cm³/mol. The summed E-state index contributed by atoms with van der Waals surface area (Å²) in [6.07, 6.45) is 2.50. The summed E-state index contributed by atoms with van der Waals surface area (Å²) in [6, 6.07) is 12.6. The Kier molecular flexibility index (Phi) is 4.37. The molecule has 4 nitrogen and oxygen atoms in total. The van der Waals surface area contributed by atoms with Crippen LogP contribution in [0, 0.1) is 5.82 Å². The second-order valence-electron chi connectivity index (χ2n) is 5.51. The van der Waals surface area contributed by atoms with Gasteiger partial charge in [-0.05, 0) is 55.3 Å². The topological polar surface area (TPSA) is 49.4 Å². The van der Waals surface area contributed by atoms with E-state index in [0.717, 1.165) is 18.5 Å². The molecule has 2 aromatic rings. The van der Waals surface area contributed by atoms with Crippen LogP contribution in [0.25, 0.3) is 0 Å². The van der Waals surface area contributed by atoms with Crippen LogP contribution in [0.3, 0.4) is 0 Å². The van der Waals surface area contributed by atoms with Crippen LogP contribution in [0.1, 0.15) is 29.6 Å². The molecule has 0 aliphatic carbocycles. The largest absolute Gasteiger partial charge is 0.322 e. The molecular weight excluding hydrogens is 295 g/mol. The lowest BCUT2D eigenvalue weighted by molar-refractivity contribution is -0.119. The SMILES string of the molecule is O=C(Nc1cccc(F)c1)c1ccc(N2CCCCC2=O)cc1. The summed E-state index contributed by atoms with van der Waals surface area (Å²) < 4.78 is 13.1. The smallest absolute Gasteiger partial charge is 0.255 e. The highest BCUT2D eigenvalue weighted by Crippen LogP contribution is 2.21. The first-order valence-corrected chi connectivity index (χ1v) is 7.61. The molecule has 1 aliphatic rings. The van der Waals surface area contributed by atoms with Gasteiger partial charge in [0.2, 0.25) is 5.91 Å². The summed E-state index contributed by atoms with van der Waals surface area (Å²) in [5.41, 5.74) is 1.67. The molecule has 1 aliphatic heterocycles. The lowest BCUT2D eigenvalue weighted by Crippen LogP contribution is -2.35. The molecule has 1 saturated heterocycles. The minimum Gasteiger partial charge on any atom is -0.322 e. The first kappa shape index (κ1) is 15.2. The van der Waals surface area contributed by atoms with Crippen LogP contribution in [-0.4, -0.2) is 18.4 Å². The molecule has 2 aromatic carbocycles. The molecule has 5 heteroatoms. The zero-order valence-electron chi connectivity index (χ0n) is 12.6. The molecule has 23 heavy (non-hydrogen) atoms. The summed E-state index contributed by atoms with van der Waals surface area (Å²) >= 11 is 0. The molecule has 1 N–H and O–H groups in total. The van der Waals surface area contributed by atoms with Gasteiger partial charge in [-0.2, -0.15) is 0 Å². The summed E-state index contributed by atoms with van der Waals surface area (Å²) in [5, 5.41) is 2.65. The van der Waals surface area contributed by atoms with Crippen LogP contribution in [-0.2, 0) is 4.79 Å². The van der Waals surface area contributed by atoms with Gasteiger partial charge < -0.3 is 10.2 Å². The second-order valence-corrected chi connectivity index (χ2v) is 5.51. The molecule has 1 fully saturated rings. The zero-order valence-corrected chi connectivity index (χ0v) is 12.6. The molecule has 1 heterocycles. The van der Waals surface area contributed by atoms with Crippen molar-refractivity contribution in [3.63, 3.8) is 0 Å². The fourth-order valence-corrected chi connectivity index (χ4v) is 2.64. The van der Waals surface area contributed by atoms with E-state index in [1.807, 2.05) is 0 Å². The minimum atomic E-state index is -0.401. The van der Waals surface area contributed by atoms with E-state index in [4.69, 9.17) is 0 Å². The highest BCUT2D eigenvalue weighted by atomic mass is 19.1. The number of rotatable bonds is 3. The van der Waals surface area contributed by atoms with Gasteiger partial charge in [0, 0.05) is 29.9 Å². The van der Waals surface area contributed by atoms with E-state index in [2.05, 4.69) is 5.32 Å². The number of carbonyl (C=O) groups is 2. The summed E-state index contributed by atoms with van der Waals surface area (Å²) in [6.45, 7) is 0.716. The van der Waals surface area contributed by atoms with E-state index in [1.165, 1.54) is 18.2 Å². The number of piperidine rings is 1. The lowest BCUT2D eigenvalue weighted by atomic mass is 10.1. The Hall–Kier alpha value is -2.69. The third kappa shape index (κ3) is 3.56. The Morgan fingerprint density at radius 2 is 1.87 bits per heavy atom. The molecule has 0 saturated carbocycles. The van der Waals surface area contributed by atoms with Gasteiger partial charge in [-0.1, -0.05) is 6.07 Å². The van der Waals surface area contributed by atoms with E-state index in [1.54, 1.807) is 35.2 Å². The van der Waals surface area contributed by atoms with Gasteiger partial charge in [-0.15, -0.1) is 0 Å². The van der Waals surface area contributed by atoms with E-state index >= 15 is 0 Å². The Morgan fingerprint density at radius 3 is 2.57 bits per heavy atom. The van der Waals surface area contributed by atoms with Gasteiger partial charge in [0.05, 0.1) is 0 Å². The van der Waals surface area contributed by atoms with E-state index < -0.39 is 5.82 Å². The molecule has 0 atom stereocenters. The average molecular weight is 312 g/mol. The van der Waals surface area contributed by atoms with Crippen molar-refractivity contribution in [1.29, 1.82) is 0 Å². The van der Waals surface area contributed by atoms with Gasteiger partial charge >= 0.3 is 0 Å². The second kappa shape index (κ2) is 6.60. The predicted octanol–water partition coefficient (Wildman–Crippen LogP) is 3.59. The van der Waals surface area contributed by atoms with Crippen molar-refractivity contribution in [2.75, 3.05) is 16.8 Å². The van der Waals surface area contributed by atoms with Crippen molar-refractivity contribution < 1.29 is 14.0 Å². The first-order valence-electron chi connectivity index (χ1n) is 7.61. The van der Waals surface area contributed by atoms with Gasteiger partial charge in [0.1, 0.15) is 5.82 Å². The van der Waals surface area contributed by atoms with Crippen LogP contribution in [0.5, 0.6) is 0 Å². The van der Waals surface area contributed by atoms with Crippen LogP contribution >= 0.6 is 0 Å². The highest BCUT2D eigenvalue weighted by Gasteiger charge is 2.19. The Morgan fingerprint density at radius 1 is 1.09 bits per heavy atom. The van der Waals surface area contributed by atoms with Crippen molar-refractivity contribution in [1.82, 2.24) is 0 Å². The van der Waals surface area contributed by atoms with Gasteiger partial charge in [-0.3, -0.25) is 9.59 Å². The molecule has 0 radical (unpaired) electrons. The quantitative estimate of drug-likeness (QED) is 0.941. The van der Waals surface area contributed by atoms with Crippen molar-refractivity contribution in [3.8, 4) is 0 Å². The maximum Gasteiger partial charge on any atom is 0.255 e. The molecule has 2 amide bonds. The van der Waals surface area contributed by atoms with Gasteiger partial charge in [0.15, 0.2) is 0 Å². The van der Waals surface area contributed by atoms with Crippen LogP contribution in [0.15, 0.2) is 48.5 Å². The number of benzene rings is 2. The molecule has 0 bridgehead atoms. The normalized spacial score (nSPS) is 14.7. The number of nitrogens with one attached hydrogen (secondary N) is 1. The minimum absolute atomic E-state index is 0.119. The van der Waals surface area contributed by atoms with Crippen LogP contribution in [0.4, 0.5) is 15.8 Å². The third-order valence-corrected chi connectivity index (χ3v) is 3.85. The number of carbonyl (C=O) groups excluding carboxylic acids is 2. The van der Waals surface area contributed by atoms with E-state index in [0.29, 0.717) is 24.2 Å². The standard InChI is InChI=1S/C18H17FN2O2/c19-14-4-3-5-15(12-14)20-18(23)13-7-9-16(10-8-13)21-11-2-1-6-17(21)22/h3-5,7-10,12H,1-2,6,11H2,(H,20,23). The number of anilines is 2. The van der Waals surface area contributed by atoms with Gasteiger partial charge in [-0.25, -0.2) is 4.39 Å². The molecule has 0 spiro atoms. The van der Waals surface area contributed by atoms with E-state index in [9.17, 15) is 14.0 Å². The number of amides is 2. The first-order chi connectivity index (χ1) is 11.1. The summed E-state index contributed by atoms with van der Waals surface area (Å²) in [7, 11) is 0. The number of hydrogen-bond acceptors (Lipinski definition) is 2. The molecule has 3 rings (SSSR count). The maximum absolute atomic E-state index is 13.1. The van der Waals surface area contributed by atoms with Crippen molar-refractivity contribution in [2.24, 2.45) is 0 Å². The molecule has 0 aromatic heterocycles. The van der Waals surface area contributed by atoms with E-state index in [-0.39, 0.29) is 11.8 Å². The number of halogens is 1. The van der Waals surface area contributed by atoms with Gasteiger partial charge in [0.25, 0.3) is 5.91 Å². The fourth-order valence-electron chi connectivity index (χ4n) is 2.64. The number of hydrogen-bond donors (Lipinski definition) is 1. The monoisotopic (exact) mass is 312 g/mol. The van der Waals surface area contributed by atoms with Crippen molar-refractivity contribution in [3.05, 3.63) is 59.9 Å². The molecular formula is C18H17FN2O2. The van der Waals surface area contributed by atoms with Crippen LogP contribution < -0.4 is 10.2 Å². The van der Waals surface area contributed by atoms with Crippen LogP contribution in [0.2, 0.25) is 0 Å². The number of nitrogens with zero attached hydrogens (tertiary/aromatic N) is 1. The maximum atomic E-state index is 13.1. The zero-order chi connectivity index (χ0) is 16.2. The molecule has 118 valence electrons. The lowest BCUT2D eigenvalue weighted by Gasteiger charge is -2.26. The Labute approximate surface area is 133 Å². The summed E-state index contributed by atoms with van der Waals surface area (Å²) in [4.78, 5) is 25.8. The Bertz CT molecular complexity index is 728. The summed E-state index contributed by atoms with van der Waals surface area (Å²) in [5.74, 6) is -0.595. The van der Waals surface area contributed by atoms with Crippen molar-refractivity contribution in [2.45, 2.75) is 19.3 Å². The van der Waals surface area contributed by atoms with Crippen molar-refractivity contribution >= 4 is 23.2 Å². The highest BCUT2D eigenvalue weighted by molar-refractivity contribution is 6.04.